The number of benzene rings is 1. The summed E-state index contributed by atoms with van der Waals surface area (Å²) in [6.07, 6.45) is 1.58. The molecule has 1 aromatic carbocycles. The van der Waals surface area contributed by atoms with E-state index in [1.807, 2.05) is 0 Å². The van der Waals surface area contributed by atoms with Gasteiger partial charge in [0.1, 0.15) is 18.4 Å². The molecule has 0 heterocycles. The smallest absolute Gasteiger partial charge is 0.245 e. The predicted octanol–water partition coefficient (Wildman–Crippen LogP) is 2.56. The molecule has 0 N–H and O–H groups in total. The van der Waals surface area contributed by atoms with E-state index in [9.17, 15) is 13.2 Å². The molecule has 0 spiro atoms. The van der Waals surface area contributed by atoms with Crippen LogP contribution in [0.25, 0.3) is 0 Å². The van der Waals surface area contributed by atoms with E-state index in [1.54, 1.807) is 30.3 Å². The average molecular weight is 332 g/mol. The van der Waals surface area contributed by atoms with Crippen molar-refractivity contribution in [2.24, 2.45) is 0 Å². The number of hydrogen-bond donors (Lipinski definition) is 0. The molecule has 0 bridgehead atoms. The SMILES string of the molecule is C=CCOc1cccc(N(C(C)C(=O)Cl)S(=O)(=O)CC)c1. The van der Waals surface area contributed by atoms with Gasteiger partial charge < -0.3 is 4.74 Å². The van der Waals surface area contributed by atoms with Crippen molar-refractivity contribution in [1.29, 1.82) is 0 Å². The van der Waals surface area contributed by atoms with E-state index >= 15 is 0 Å². The van der Waals surface area contributed by atoms with Crippen molar-refractivity contribution in [3.8, 4) is 5.75 Å². The fourth-order valence-electron chi connectivity index (χ4n) is 1.72. The van der Waals surface area contributed by atoms with Gasteiger partial charge in [-0.1, -0.05) is 18.7 Å². The molecular formula is C14H18ClNO4S. The van der Waals surface area contributed by atoms with E-state index in [1.165, 1.54) is 13.8 Å². The van der Waals surface area contributed by atoms with Crippen molar-refractivity contribution in [3.63, 3.8) is 0 Å². The second-order valence-electron chi connectivity index (χ2n) is 4.27. The molecule has 0 aliphatic rings. The second-order valence-corrected chi connectivity index (χ2v) is 6.78. The first-order chi connectivity index (χ1) is 9.83. The Bertz CT molecular complexity index is 615. The average Bonchev–Trinajstić information content (AvgIpc) is 2.45. The summed E-state index contributed by atoms with van der Waals surface area (Å²) in [7, 11) is -3.64. The number of halogens is 1. The quantitative estimate of drug-likeness (QED) is 0.542. The maximum Gasteiger partial charge on any atom is 0.245 e. The Kier molecular flexibility index (Phi) is 6.23. The molecule has 0 radical (unpaired) electrons. The van der Waals surface area contributed by atoms with Gasteiger partial charge in [-0.3, -0.25) is 9.10 Å². The van der Waals surface area contributed by atoms with Crippen molar-refractivity contribution >= 4 is 32.6 Å². The van der Waals surface area contributed by atoms with Gasteiger partial charge in [0.2, 0.25) is 15.3 Å². The van der Waals surface area contributed by atoms with E-state index in [2.05, 4.69) is 6.58 Å². The maximum atomic E-state index is 12.2. The third-order valence-electron chi connectivity index (χ3n) is 2.78. The Balaban J connectivity index is 3.26. The Morgan fingerprint density at radius 3 is 2.71 bits per heavy atom. The van der Waals surface area contributed by atoms with Gasteiger partial charge in [0, 0.05) is 6.07 Å². The highest BCUT2D eigenvalue weighted by Gasteiger charge is 2.30. The highest BCUT2D eigenvalue weighted by molar-refractivity contribution is 7.92. The fourth-order valence-corrected chi connectivity index (χ4v) is 3.17. The van der Waals surface area contributed by atoms with Gasteiger partial charge in [-0.2, -0.15) is 0 Å². The van der Waals surface area contributed by atoms with Crippen LogP contribution >= 0.6 is 11.6 Å². The Morgan fingerprint density at radius 1 is 1.52 bits per heavy atom. The van der Waals surface area contributed by atoms with Gasteiger partial charge in [0.15, 0.2) is 0 Å². The minimum absolute atomic E-state index is 0.140. The molecule has 1 atom stereocenters. The largest absolute Gasteiger partial charge is 0.489 e. The number of anilines is 1. The summed E-state index contributed by atoms with van der Waals surface area (Å²) in [6.45, 7) is 6.79. The number of sulfonamides is 1. The molecule has 0 aromatic heterocycles. The zero-order valence-corrected chi connectivity index (χ0v) is 13.5. The van der Waals surface area contributed by atoms with Crippen molar-refractivity contribution in [2.75, 3.05) is 16.7 Å². The summed E-state index contributed by atoms with van der Waals surface area (Å²) >= 11 is 5.47. The Morgan fingerprint density at radius 2 is 2.19 bits per heavy atom. The van der Waals surface area contributed by atoms with Crippen molar-refractivity contribution in [1.82, 2.24) is 0 Å². The summed E-state index contributed by atoms with van der Waals surface area (Å²) < 4.78 is 30.9. The van der Waals surface area contributed by atoms with Crippen molar-refractivity contribution in [3.05, 3.63) is 36.9 Å². The number of carbonyl (C=O) groups excluding carboxylic acids is 1. The summed E-state index contributed by atoms with van der Waals surface area (Å²) in [5, 5.41) is -0.746. The Hall–Kier alpha value is -1.53. The molecular weight excluding hydrogens is 314 g/mol. The highest BCUT2D eigenvalue weighted by Crippen LogP contribution is 2.26. The number of nitrogens with zero attached hydrogens (tertiary/aromatic N) is 1. The molecule has 0 saturated carbocycles. The standard InChI is InChI=1S/C14H18ClNO4S/c1-4-9-20-13-8-6-7-12(10-13)16(11(3)14(15)17)21(18,19)5-2/h4,6-8,10-11H,1,5,9H2,2-3H3. The van der Waals surface area contributed by atoms with Crippen molar-refractivity contribution < 1.29 is 17.9 Å². The molecule has 0 aliphatic carbocycles. The van der Waals surface area contributed by atoms with E-state index in [-0.39, 0.29) is 5.75 Å². The van der Waals surface area contributed by atoms with Crippen molar-refractivity contribution in [2.45, 2.75) is 19.9 Å². The van der Waals surface area contributed by atoms with Gasteiger partial charge in [0.05, 0.1) is 11.4 Å². The van der Waals surface area contributed by atoms with E-state index in [4.69, 9.17) is 16.3 Å². The van der Waals surface area contributed by atoms with Crippen LogP contribution in [-0.4, -0.2) is 32.1 Å². The molecule has 7 heteroatoms. The fraction of sp³-hybridized carbons (Fsp3) is 0.357. The minimum atomic E-state index is -3.64. The normalized spacial score (nSPS) is 12.5. The number of carbonyl (C=O) groups is 1. The van der Waals surface area contributed by atoms with Crippen LogP contribution in [0.2, 0.25) is 0 Å². The second kappa shape index (κ2) is 7.47. The van der Waals surface area contributed by atoms with Gasteiger partial charge in [-0.15, -0.1) is 0 Å². The molecule has 5 nitrogen and oxygen atoms in total. The first-order valence-corrected chi connectivity index (χ1v) is 8.37. The lowest BCUT2D eigenvalue weighted by molar-refractivity contribution is -0.112. The first-order valence-electron chi connectivity index (χ1n) is 6.38. The molecule has 1 rings (SSSR count). The van der Waals surface area contributed by atoms with Crippen LogP contribution in [0, 0.1) is 0 Å². The first kappa shape index (κ1) is 17.5. The van der Waals surface area contributed by atoms with Crippen LogP contribution in [0.5, 0.6) is 5.75 Å². The van der Waals surface area contributed by atoms with Crippen LogP contribution < -0.4 is 9.04 Å². The van der Waals surface area contributed by atoms with Crippen LogP contribution in [-0.2, 0) is 14.8 Å². The molecule has 21 heavy (non-hydrogen) atoms. The number of ether oxygens (including phenoxy) is 1. The highest BCUT2D eigenvalue weighted by atomic mass is 35.5. The zero-order valence-electron chi connectivity index (χ0n) is 12.0. The van der Waals surface area contributed by atoms with E-state index < -0.39 is 21.3 Å². The molecule has 1 unspecified atom stereocenters. The van der Waals surface area contributed by atoms with E-state index in [0.717, 1.165) is 4.31 Å². The van der Waals surface area contributed by atoms with Gasteiger partial charge >= 0.3 is 0 Å². The van der Waals surface area contributed by atoms with Crippen LogP contribution in [0.1, 0.15) is 13.8 Å². The summed E-state index contributed by atoms with van der Waals surface area (Å²) in [5.41, 5.74) is 0.333. The molecule has 0 fully saturated rings. The number of hydrogen-bond acceptors (Lipinski definition) is 4. The third kappa shape index (κ3) is 4.47. The predicted molar refractivity (Wildman–Crippen MR) is 84.4 cm³/mol. The molecule has 1 aromatic rings. The number of rotatable bonds is 8. The summed E-state index contributed by atoms with van der Waals surface area (Å²) in [5.74, 6) is 0.345. The molecule has 0 saturated heterocycles. The van der Waals surface area contributed by atoms with Crippen LogP contribution in [0.15, 0.2) is 36.9 Å². The lowest BCUT2D eigenvalue weighted by Gasteiger charge is -2.28. The molecule has 116 valence electrons. The minimum Gasteiger partial charge on any atom is -0.489 e. The lowest BCUT2D eigenvalue weighted by Crippen LogP contribution is -2.42. The molecule has 0 amide bonds. The van der Waals surface area contributed by atoms with Gasteiger partial charge in [-0.25, -0.2) is 8.42 Å². The van der Waals surface area contributed by atoms with Gasteiger partial charge in [0.25, 0.3) is 0 Å². The topological polar surface area (TPSA) is 63.7 Å². The van der Waals surface area contributed by atoms with Crippen LogP contribution in [0.3, 0.4) is 0 Å². The summed E-state index contributed by atoms with van der Waals surface area (Å²) in [4.78, 5) is 11.4. The Labute approximate surface area is 130 Å². The zero-order chi connectivity index (χ0) is 16.0. The summed E-state index contributed by atoms with van der Waals surface area (Å²) in [6, 6.07) is 5.48. The molecule has 0 aliphatic heterocycles. The third-order valence-corrected chi connectivity index (χ3v) is 4.96. The monoisotopic (exact) mass is 331 g/mol. The van der Waals surface area contributed by atoms with E-state index in [0.29, 0.717) is 18.0 Å². The van der Waals surface area contributed by atoms with Gasteiger partial charge in [-0.05, 0) is 37.6 Å². The lowest BCUT2D eigenvalue weighted by atomic mass is 10.2. The maximum absolute atomic E-state index is 12.2. The van der Waals surface area contributed by atoms with Crippen LogP contribution in [0.4, 0.5) is 5.69 Å².